The van der Waals surface area contributed by atoms with Crippen LogP contribution in [0.3, 0.4) is 0 Å². The summed E-state index contributed by atoms with van der Waals surface area (Å²) in [5.41, 5.74) is 0.935. The summed E-state index contributed by atoms with van der Waals surface area (Å²) in [7, 11) is 0. The van der Waals surface area contributed by atoms with E-state index < -0.39 is 5.97 Å². The van der Waals surface area contributed by atoms with Gasteiger partial charge in [-0.2, -0.15) is 0 Å². The number of pyridine rings is 1. The van der Waals surface area contributed by atoms with Crippen LogP contribution in [0.15, 0.2) is 18.3 Å². The fourth-order valence-corrected chi connectivity index (χ4v) is 1.20. The van der Waals surface area contributed by atoms with E-state index in [1.807, 2.05) is 0 Å². The smallest absolute Gasteiger partial charge is 0.337 e. The Hall–Kier alpha value is -1.95. The number of rotatable bonds is 6. The summed E-state index contributed by atoms with van der Waals surface area (Å²) >= 11 is 0. The van der Waals surface area contributed by atoms with Crippen molar-refractivity contribution in [2.45, 2.75) is 13.5 Å². The second kappa shape index (κ2) is 6.59. The minimum absolute atomic E-state index is 0.0595. The molecule has 0 atom stereocenters. The van der Waals surface area contributed by atoms with Gasteiger partial charge in [0.15, 0.2) is 0 Å². The normalized spacial score (nSPS) is 9.94. The van der Waals surface area contributed by atoms with Crippen molar-refractivity contribution in [2.24, 2.45) is 0 Å². The molecular weight excluding hydrogens is 222 g/mol. The van der Waals surface area contributed by atoms with Crippen molar-refractivity contribution in [1.82, 2.24) is 15.6 Å². The van der Waals surface area contributed by atoms with E-state index in [4.69, 9.17) is 5.11 Å². The topological polar surface area (TPSA) is 91.3 Å². The van der Waals surface area contributed by atoms with Crippen LogP contribution in [0, 0.1) is 0 Å². The van der Waals surface area contributed by atoms with E-state index in [9.17, 15) is 9.59 Å². The Balaban J connectivity index is 2.27. The molecule has 0 spiro atoms. The maximum Gasteiger partial charge on any atom is 0.337 e. The number of carbonyl (C=O) groups excluding carboxylic acids is 1. The Bertz CT molecular complexity index is 389. The molecule has 6 nitrogen and oxygen atoms in total. The lowest BCUT2D eigenvalue weighted by Gasteiger charge is -2.05. The first kappa shape index (κ1) is 13.1. The number of nitrogens with zero attached hydrogens (tertiary/aromatic N) is 1. The van der Waals surface area contributed by atoms with Crippen LogP contribution in [0.2, 0.25) is 0 Å². The third kappa shape index (κ3) is 5.07. The lowest BCUT2D eigenvalue weighted by atomic mass is 10.2. The summed E-state index contributed by atoms with van der Waals surface area (Å²) in [5, 5.41) is 14.4. The number of hydrogen-bond donors (Lipinski definition) is 3. The lowest BCUT2D eigenvalue weighted by molar-refractivity contribution is -0.118. The summed E-state index contributed by atoms with van der Waals surface area (Å²) in [6.45, 7) is 3.20. The molecule has 0 bridgehead atoms. The van der Waals surface area contributed by atoms with E-state index >= 15 is 0 Å². The Morgan fingerprint density at radius 2 is 2.12 bits per heavy atom. The van der Waals surface area contributed by atoms with E-state index in [-0.39, 0.29) is 11.5 Å². The van der Waals surface area contributed by atoms with Gasteiger partial charge in [0, 0.05) is 32.8 Å². The second-order valence-corrected chi connectivity index (χ2v) is 3.50. The molecule has 0 aliphatic heterocycles. The first-order valence-electron chi connectivity index (χ1n) is 5.23. The molecule has 0 fully saturated rings. The third-order valence-electron chi connectivity index (χ3n) is 2.05. The molecule has 1 rings (SSSR count). The summed E-state index contributed by atoms with van der Waals surface area (Å²) in [6.07, 6.45) is 1.33. The van der Waals surface area contributed by atoms with Gasteiger partial charge in [-0.05, 0) is 12.1 Å². The van der Waals surface area contributed by atoms with Crippen LogP contribution in [-0.4, -0.2) is 35.1 Å². The van der Waals surface area contributed by atoms with Gasteiger partial charge in [-0.3, -0.25) is 9.78 Å². The number of aromatic nitrogens is 1. The van der Waals surface area contributed by atoms with Crippen LogP contribution in [-0.2, 0) is 11.3 Å². The van der Waals surface area contributed by atoms with Crippen LogP contribution in [0.4, 0.5) is 0 Å². The molecular formula is C11H15N3O3. The van der Waals surface area contributed by atoms with Gasteiger partial charge >= 0.3 is 5.97 Å². The molecule has 1 amide bonds. The second-order valence-electron chi connectivity index (χ2n) is 3.50. The number of amides is 1. The van der Waals surface area contributed by atoms with Crippen LogP contribution in [0.5, 0.6) is 0 Å². The Morgan fingerprint density at radius 3 is 2.65 bits per heavy atom. The van der Waals surface area contributed by atoms with Crippen molar-refractivity contribution in [3.05, 3.63) is 29.6 Å². The molecule has 17 heavy (non-hydrogen) atoms. The molecule has 0 saturated heterocycles. The Kier molecular flexibility index (Phi) is 5.09. The van der Waals surface area contributed by atoms with Crippen molar-refractivity contribution in [2.75, 3.05) is 13.1 Å². The highest BCUT2D eigenvalue weighted by Gasteiger charge is 2.02. The summed E-state index contributed by atoms with van der Waals surface area (Å²) in [4.78, 5) is 25.2. The highest BCUT2D eigenvalue weighted by molar-refractivity contribution is 5.87. The van der Waals surface area contributed by atoms with Crippen LogP contribution in [0.1, 0.15) is 23.0 Å². The highest BCUT2D eigenvalue weighted by atomic mass is 16.4. The van der Waals surface area contributed by atoms with Gasteiger partial charge in [0.2, 0.25) is 5.91 Å². The average molecular weight is 237 g/mol. The van der Waals surface area contributed by atoms with Gasteiger partial charge in [-0.15, -0.1) is 0 Å². The van der Waals surface area contributed by atoms with Gasteiger partial charge in [0.25, 0.3) is 0 Å². The van der Waals surface area contributed by atoms with Crippen molar-refractivity contribution < 1.29 is 14.7 Å². The van der Waals surface area contributed by atoms with Crippen LogP contribution >= 0.6 is 0 Å². The summed E-state index contributed by atoms with van der Waals surface area (Å²) in [5.74, 6) is -1.04. The van der Waals surface area contributed by atoms with Gasteiger partial charge < -0.3 is 15.7 Å². The molecule has 0 radical (unpaired) electrons. The zero-order valence-corrected chi connectivity index (χ0v) is 9.56. The van der Waals surface area contributed by atoms with Gasteiger partial charge in [0.05, 0.1) is 11.3 Å². The maximum absolute atomic E-state index is 10.6. The summed E-state index contributed by atoms with van der Waals surface area (Å²) in [6, 6.07) is 3.18. The molecule has 1 aromatic heterocycles. The molecule has 6 heteroatoms. The Morgan fingerprint density at radius 1 is 1.35 bits per heavy atom. The molecule has 0 aromatic carbocycles. The zero-order valence-electron chi connectivity index (χ0n) is 9.56. The molecule has 0 saturated carbocycles. The van der Waals surface area contributed by atoms with E-state index in [0.717, 1.165) is 5.69 Å². The SMILES string of the molecule is CC(=O)NCCNCc1ccc(C(=O)O)cn1. The molecule has 92 valence electrons. The monoisotopic (exact) mass is 237 g/mol. The molecule has 1 aromatic rings. The lowest BCUT2D eigenvalue weighted by Crippen LogP contribution is -2.30. The minimum atomic E-state index is -0.984. The van der Waals surface area contributed by atoms with Gasteiger partial charge in [0.1, 0.15) is 0 Å². The molecule has 0 aliphatic carbocycles. The molecule has 0 unspecified atom stereocenters. The number of hydrogen-bond acceptors (Lipinski definition) is 4. The molecule has 1 heterocycles. The van der Waals surface area contributed by atoms with Crippen molar-refractivity contribution in [3.8, 4) is 0 Å². The largest absolute Gasteiger partial charge is 0.478 e. The molecule has 3 N–H and O–H groups in total. The Labute approximate surface area is 99.1 Å². The molecule has 0 aliphatic rings. The number of carbonyl (C=O) groups is 2. The van der Waals surface area contributed by atoms with E-state index in [1.165, 1.54) is 19.2 Å². The van der Waals surface area contributed by atoms with Crippen molar-refractivity contribution in [3.63, 3.8) is 0 Å². The highest BCUT2D eigenvalue weighted by Crippen LogP contribution is 1.99. The minimum Gasteiger partial charge on any atom is -0.478 e. The van der Waals surface area contributed by atoms with Crippen LogP contribution in [0.25, 0.3) is 0 Å². The third-order valence-corrected chi connectivity index (χ3v) is 2.05. The van der Waals surface area contributed by atoms with Gasteiger partial charge in [-0.1, -0.05) is 0 Å². The predicted octanol–water partition coefficient (Wildman–Crippen LogP) is 0.00550. The fraction of sp³-hybridized carbons (Fsp3) is 0.364. The first-order chi connectivity index (χ1) is 8.09. The number of nitrogens with one attached hydrogen (secondary N) is 2. The van der Waals surface area contributed by atoms with Crippen LogP contribution < -0.4 is 10.6 Å². The quantitative estimate of drug-likeness (QED) is 0.606. The standard InChI is InChI=1S/C11H15N3O3/c1-8(15)13-5-4-12-7-10-3-2-9(6-14-10)11(16)17/h2-3,6,12H,4-5,7H2,1H3,(H,13,15)(H,16,17). The van der Waals surface area contributed by atoms with Gasteiger partial charge in [-0.25, -0.2) is 4.79 Å². The van der Waals surface area contributed by atoms with Crippen molar-refractivity contribution >= 4 is 11.9 Å². The van der Waals surface area contributed by atoms with E-state index in [1.54, 1.807) is 6.07 Å². The maximum atomic E-state index is 10.6. The first-order valence-corrected chi connectivity index (χ1v) is 5.23. The van der Waals surface area contributed by atoms with Crippen molar-refractivity contribution in [1.29, 1.82) is 0 Å². The fourth-order valence-electron chi connectivity index (χ4n) is 1.20. The number of aromatic carboxylic acids is 1. The average Bonchev–Trinajstić information content (AvgIpc) is 2.29. The number of carboxylic acids is 1. The zero-order chi connectivity index (χ0) is 12.7. The summed E-state index contributed by atoms with van der Waals surface area (Å²) < 4.78 is 0. The van der Waals surface area contributed by atoms with E-state index in [2.05, 4.69) is 15.6 Å². The van der Waals surface area contributed by atoms with E-state index in [0.29, 0.717) is 19.6 Å². The number of carboxylic acid groups (broad SMARTS) is 1. The predicted molar refractivity (Wildman–Crippen MR) is 61.6 cm³/mol.